The standard InChI is InChI=1S/C24H30N4O/c1-3-18-5-10-23-19(15-18)16-20(24(29)26-23)17-25-21-6-8-22(9-7-21)28-13-11-27(4-2)12-14-28/h5-10,15-16,25H,3-4,11-14,17H2,1-2H3,(H,26,29). The molecule has 2 heterocycles. The van der Waals surface area contributed by atoms with Crippen molar-refractivity contribution in [3.63, 3.8) is 0 Å². The van der Waals surface area contributed by atoms with Gasteiger partial charge in [0.05, 0.1) is 0 Å². The monoisotopic (exact) mass is 390 g/mol. The second kappa shape index (κ2) is 8.70. The van der Waals surface area contributed by atoms with Gasteiger partial charge in [0.25, 0.3) is 5.56 Å². The minimum atomic E-state index is -0.0281. The van der Waals surface area contributed by atoms with Crippen LogP contribution in [-0.4, -0.2) is 42.6 Å². The number of rotatable bonds is 6. The lowest BCUT2D eigenvalue weighted by molar-refractivity contribution is 0.271. The molecule has 0 radical (unpaired) electrons. The molecule has 0 amide bonds. The molecule has 0 aliphatic carbocycles. The zero-order valence-electron chi connectivity index (χ0n) is 17.4. The molecule has 5 nitrogen and oxygen atoms in total. The number of benzene rings is 2. The third-order valence-electron chi connectivity index (χ3n) is 5.93. The summed E-state index contributed by atoms with van der Waals surface area (Å²) in [6.45, 7) is 10.4. The second-order valence-electron chi connectivity index (χ2n) is 7.72. The molecule has 2 aromatic carbocycles. The van der Waals surface area contributed by atoms with E-state index in [1.54, 1.807) is 0 Å². The van der Waals surface area contributed by atoms with Crippen molar-refractivity contribution in [3.05, 3.63) is 70.0 Å². The Kier molecular flexibility index (Phi) is 5.86. The minimum Gasteiger partial charge on any atom is -0.381 e. The molecule has 1 aliphatic heterocycles. The number of nitrogens with zero attached hydrogens (tertiary/aromatic N) is 2. The van der Waals surface area contributed by atoms with Crippen molar-refractivity contribution in [3.8, 4) is 0 Å². The molecule has 152 valence electrons. The predicted molar refractivity (Wildman–Crippen MR) is 122 cm³/mol. The van der Waals surface area contributed by atoms with Gasteiger partial charge in [-0.3, -0.25) is 4.79 Å². The van der Waals surface area contributed by atoms with Gasteiger partial charge in [-0.05, 0) is 66.4 Å². The highest BCUT2D eigenvalue weighted by Crippen LogP contribution is 2.20. The number of aryl methyl sites for hydroxylation is 1. The molecule has 0 bridgehead atoms. The van der Waals surface area contributed by atoms with E-state index in [1.807, 2.05) is 12.1 Å². The van der Waals surface area contributed by atoms with Crippen molar-refractivity contribution in [1.82, 2.24) is 9.88 Å². The molecule has 0 saturated carbocycles. The van der Waals surface area contributed by atoms with Gasteiger partial charge in [0, 0.05) is 55.2 Å². The number of H-pyrrole nitrogens is 1. The van der Waals surface area contributed by atoms with Gasteiger partial charge in [-0.15, -0.1) is 0 Å². The van der Waals surface area contributed by atoms with Crippen molar-refractivity contribution < 1.29 is 0 Å². The van der Waals surface area contributed by atoms with Crippen LogP contribution in [0.3, 0.4) is 0 Å². The molecular weight excluding hydrogens is 360 g/mol. The van der Waals surface area contributed by atoms with E-state index in [4.69, 9.17) is 0 Å². The minimum absolute atomic E-state index is 0.0281. The summed E-state index contributed by atoms with van der Waals surface area (Å²) >= 11 is 0. The fourth-order valence-corrected chi connectivity index (χ4v) is 3.96. The maximum Gasteiger partial charge on any atom is 0.253 e. The number of likely N-dealkylation sites (N-methyl/N-ethyl adjacent to an activating group) is 1. The number of aromatic amines is 1. The van der Waals surface area contributed by atoms with Crippen molar-refractivity contribution in [2.45, 2.75) is 26.8 Å². The second-order valence-corrected chi connectivity index (χ2v) is 7.72. The average molecular weight is 391 g/mol. The number of piperazine rings is 1. The number of pyridine rings is 1. The van der Waals surface area contributed by atoms with Crippen molar-refractivity contribution in [2.75, 3.05) is 42.9 Å². The highest BCUT2D eigenvalue weighted by atomic mass is 16.1. The Morgan fingerprint density at radius 3 is 2.41 bits per heavy atom. The van der Waals surface area contributed by atoms with Crippen LogP contribution in [0.5, 0.6) is 0 Å². The molecule has 4 rings (SSSR count). The Labute approximate surface area is 172 Å². The van der Waals surface area contributed by atoms with Crippen LogP contribution in [0.4, 0.5) is 11.4 Å². The van der Waals surface area contributed by atoms with Crippen LogP contribution in [0.2, 0.25) is 0 Å². The van der Waals surface area contributed by atoms with Gasteiger partial charge in [-0.25, -0.2) is 0 Å². The first kappa shape index (κ1) is 19.5. The van der Waals surface area contributed by atoms with E-state index in [9.17, 15) is 4.79 Å². The number of hydrogen-bond donors (Lipinski definition) is 2. The molecule has 3 aromatic rings. The first-order valence-electron chi connectivity index (χ1n) is 10.6. The topological polar surface area (TPSA) is 51.4 Å². The van der Waals surface area contributed by atoms with Crippen molar-refractivity contribution in [1.29, 1.82) is 0 Å². The molecule has 2 N–H and O–H groups in total. The van der Waals surface area contributed by atoms with Crippen LogP contribution in [0, 0.1) is 0 Å². The lowest BCUT2D eigenvalue weighted by atomic mass is 10.1. The highest BCUT2D eigenvalue weighted by molar-refractivity contribution is 5.79. The number of nitrogens with one attached hydrogen (secondary N) is 2. The maximum atomic E-state index is 12.4. The smallest absolute Gasteiger partial charge is 0.253 e. The van der Waals surface area contributed by atoms with E-state index in [1.165, 1.54) is 11.3 Å². The molecule has 1 saturated heterocycles. The number of anilines is 2. The first-order chi connectivity index (χ1) is 14.2. The van der Waals surface area contributed by atoms with Gasteiger partial charge in [0.1, 0.15) is 0 Å². The van der Waals surface area contributed by atoms with Crippen LogP contribution in [0.15, 0.2) is 53.3 Å². The lowest BCUT2D eigenvalue weighted by Gasteiger charge is -2.35. The summed E-state index contributed by atoms with van der Waals surface area (Å²) in [7, 11) is 0. The van der Waals surface area contributed by atoms with Crippen LogP contribution in [-0.2, 0) is 13.0 Å². The molecule has 1 aromatic heterocycles. The molecule has 1 aliphatic rings. The Morgan fingerprint density at radius 2 is 1.72 bits per heavy atom. The molecule has 5 heteroatoms. The normalized spacial score (nSPS) is 15.0. The van der Waals surface area contributed by atoms with E-state index in [-0.39, 0.29) is 5.56 Å². The summed E-state index contributed by atoms with van der Waals surface area (Å²) in [6, 6.07) is 16.8. The highest BCUT2D eigenvalue weighted by Gasteiger charge is 2.15. The molecule has 0 spiro atoms. The largest absolute Gasteiger partial charge is 0.381 e. The third kappa shape index (κ3) is 4.46. The Hall–Kier alpha value is -2.79. The summed E-state index contributed by atoms with van der Waals surface area (Å²) in [5, 5.41) is 4.48. The fraction of sp³-hybridized carbons (Fsp3) is 0.375. The quantitative estimate of drug-likeness (QED) is 0.671. The SMILES string of the molecule is CCc1ccc2[nH]c(=O)c(CNc3ccc(N4CCN(CC)CC4)cc3)cc2c1. The summed E-state index contributed by atoms with van der Waals surface area (Å²) in [6.07, 6.45) is 0.989. The van der Waals surface area contributed by atoms with Gasteiger partial charge in [-0.2, -0.15) is 0 Å². The van der Waals surface area contributed by atoms with Crippen LogP contribution < -0.4 is 15.8 Å². The Bertz CT molecular complexity index is 1020. The maximum absolute atomic E-state index is 12.4. The van der Waals surface area contributed by atoms with E-state index in [2.05, 4.69) is 70.3 Å². The van der Waals surface area contributed by atoms with E-state index in [0.29, 0.717) is 6.54 Å². The lowest BCUT2D eigenvalue weighted by Crippen LogP contribution is -2.46. The third-order valence-corrected chi connectivity index (χ3v) is 5.93. The summed E-state index contributed by atoms with van der Waals surface area (Å²) in [4.78, 5) is 20.3. The van der Waals surface area contributed by atoms with Crippen LogP contribution in [0.25, 0.3) is 10.9 Å². The number of hydrogen-bond acceptors (Lipinski definition) is 4. The molecule has 29 heavy (non-hydrogen) atoms. The van der Waals surface area contributed by atoms with E-state index >= 15 is 0 Å². The van der Waals surface area contributed by atoms with Crippen LogP contribution in [0.1, 0.15) is 25.0 Å². The van der Waals surface area contributed by atoms with Crippen LogP contribution >= 0.6 is 0 Å². The predicted octanol–water partition coefficient (Wildman–Crippen LogP) is 3.84. The summed E-state index contributed by atoms with van der Waals surface area (Å²) in [5.74, 6) is 0. The fourth-order valence-electron chi connectivity index (χ4n) is 3.96. The number of fused-ring (bicyclic) bond motifs is 1. The summed E-state index contributed by atoms with van der Waals surface area (Å²) < 4.78 is 0. The van der Waals surface area contributed by atoms with Gasteiger partial charge in [0.2, 0.25) is 0 Å². The van der Waals surface area contributed by atoms with E-state index < -0.39 is 0 Å². The summed E-state index contributed by atoms with van der Waals surface area (Å²) in [5.41, 5.74) is 5.19. The van der Waals surface area contributed by atoms with E-state index in [0.717, 1.165) is 61.3 Å². The molecule has 0 unspecified atom stereocenters. The van der Waals surface area contributed by atoms with Crippen molar-refractivity contribution in [2.24, 2.45) is 0 Å². The van der Waals surface area contributed by atoms with Gasteiger partial charge in [-0.1, -0.05) is 19.9 Å². The zero-order chi connectivity index (χ0) is 20.2. The Morgan fingerprint density at radius 1 is 0.966 bits per heavy atom. The first-order valence-corrected chi connectivity index (χ1v) is 10.6. The average Bonchev–Trinajstić information content (AvgIpc) is 2.78. The Balaban J connectivity index is 1.42. The molecular formula is C24H30N4O. The number of aromatic nitrogens is 1. The molecule has 1 fully saturated rings. The van der Waals surface area contributed by atoms with Crippen molar-refractivity contribution >= 4 is 22.3 Å². The zero-order valence-corrected chi connectivity index (χ0v) is 17.4. The van der Waals surface area contributed by atoms with Gasteiger partial charge < -0.3 is 20.1 Å². The van der Waals surface area contributed by atoms with Gasteiger partial charge in [0.15, 0.2) is 0 Å². The van der Waals surface area contributed by atoms with Gasteiger partial charge >= 0.3 is 0 Å². The molecule has 0 atom stereocenters.